The average Bonchev–Trinajstić information content (AvgIpc) is 3.06. The number of anilines is 1. The van der Waals surface area contributed by atoms with Gasteiger partial charge in [-0.15, -0.1) is 0 Å². The summed E-state index contributed by atoms with van der Waals surface area (Å²) in [5.74, 6) is -4.87. The van der Waals surface area contributed by atoms with E-state index in [2.05, 4.69) is 0 Å². The van der Waals surface area contributed by atoms with Crippen LogP contribution in [0.4, 0.5) is 14.5 Å². The number of ether oxygens (including phenoxy) is 1. The lowest BCUT2D eigenvalue weighted by atomic mass is 9.95. The van der Waals surface area contributed by atoms with Crippen LogP contribution in [0.15, 0.2) is 66.2 Å². The lowest BCUT2D eigenvalue weighted by Gasteiger charge is -2.25. The smallest absolute Gasteiger partial charge is 0.300 e. The zero-order valence-electron chi connectivity index (χ0n) is 17.0. The van der Waals surface area contributed by atoms with Crippen molar-refractivity contribution in [2.45, 2.75) is 6.04 Å². The highest BCUT2D eigenvalue weighted by molar-refractivity contribution is 6.51. The van der Waals surface area contributed by atoms with Gasteiger partial charge in [-0.2, -0.15) is 0 Å². The number of carbonyl (C=O) groups is 2. The summed E-state index contributed by atoms with van der Waals surface area (Å²) in [6.45, 7) is 0. The molecule has 1 heterocycles. The molecule has 0 radical (unpaired) electrons. The van der Waals surface area contributed by atoms with Crippen LogP contribution in [0.25, 0.3) is 5.76 Å². The van der Waals surface area contributed by atoms with E-state index in [1.165, 1.54) is 25.3 Å². The highest BCUT2D eigenvalue weighted by Crippen LogP contribution is 2.45. The molecule has 33 heavy (non-hydrogen) atoms. The van der Waals surface area contributed by atoms with E-state index in [4.69, 9.17) is 27.9 Å². The number of aliphatic hydroxyl groups is 1. The van der Waals surface area contributed by atoms with Crippen LogP contribution in [0.1, 0.15) is 17.2 Å². The summed E-state index contributed by atoms with van der Waals surface area (Å²) in [5.41, 5.74) is 0.113. The quantitative estimate of drug-likeness (QED) is 0.281. The van der Waals surface area contributed by atoms with Gasteiger partial charge in [0.1, 0.15) is 11.5 Å². The Bertz CT molecular complexity index is 1310. The van der Waals surface area contributed by atoms with Gasteiger partial charge in [0.25, 0.3) is 11.7 Å². The first kappa shape index (κ1) is 22.8. The van der Waals surface area contributed by atoms with Crippen molar-refractivity contribution >= 4 is 46.3 Å². The maximum atomic E-state index is 14.0. The van der Waals surface area contributed by atoms with Gasteiger partial charge in [0.05, 0.1) is 29.3 Å². The van der Waals surface area contributed by atoms with Gasteiger partial charge in [0.15, 0.2) is 11.6 Å². The number of Topliss-reactive ketones (excluding diaryl/α,β-unsaturated/α-hetero) is 1. The van der Waals surface area contributed by atoms with E-state index in [1.807, 2.05) is 0 Å². The molecule has 0 aliphatic carbocycles. The summed E-state index contributed by atoms with van der Waals surface area (Å²) in [6.07, 6.45) is 0. The zero-order chi connectivity index (χ0) is 23.9. The van der Waals surface area contributed by atoms with Crippen molar-refractivity contribution in [3.8, 4) is 5.75 Å². The average molecular weight is 490 g/mol. The molecule has 1 unspecified atom stereocenters. The van der Waals surface area contributed by atoms with Crippen LogP contribution in [0.5, 0.6) is 5.75 Å². The first-order valence-corrected chi connectivity index (χ1v) is 10.3. The monoisotopic (exact) mass is 489 g/mol. The zero-order valence-corrected chi connectivity index (χ0v) is 18.5. The summed E-state index contributed by atoms with van der Waals surface area (Å²) in [5, 5.41) is 11.5. The van der Waals surface area contributed by atoms with Crippen LogP contribution in [0, 0.1) is 11.6 Å². The molecule has 5 nitrogen and oxygen atoms in total. The third-order valence-electron chi connectivity index (χ3n) is 5.21. The molecule has 1 fully saturated rings. The topological polar surface area (TPSA) is 66.8 Å². The maximum absolute atomic E-state index is 14.0. The summed E-state index contributed by atoms with van der Waals surface area (Å²) in [7, 11) is 1.32. The van der Waals surface area contributed by atoms with Crippen LogP contribution < -0.4 is 9.64 Å². The number of hydrogen-bond donors (Lipinski definition) is 1. The molecule has 4 rings (SSSR count). The predicted molar refractivity (Wildman–Crippen MR) is 121 cm³/mol. The van der Waals surface area contributed by atoms with Crippen LogP contribution in [-0.4, -0.2) is 23.9 Å². The fraction of sp³-hybridized carbons (Fsp3) is 0.0833. The minimum Gasteiger partial charge on any atom is -0.507 e. The number of rotatable bonds is 4. The summed E-state index contributed by atoms with van der Waals surface area (Å²) < 4.78 is 32.8. The van der Waals surface area contributed by atoms with Crippen molar-refractivity contribution in [3.05, 3.63) is 99.0 Å². The Morgan fingerprint density at radius 2 is 1.70 bits per heavy atom. The van der Waals surface area contributed by atoms with E-state index >= 15 is 0 Å². The molecular weight excluding hydrogens is 475 g/mol. The highest BCUT2D eigenvalue weighted by atomic mass is 35.5. The molecule has 3 aromatic carbocycles. The number of nitrogens with zero attached hydrogens (tertiary/aromatic N) is 1. The molecule has 1 amide bonds. The number of carbonyl (C=O) groups excluding carboxylic acids is 2. The predicted octanol–water partition coefficient (Wildman–Crippen LogP) is 5.91. The molecule has 1 atom stereocenters. The highest BCUT2D eigenvalue weighted by Gasteiger charge is 2.47. The molecule has 0 aromatic heterocycles. The number of amides is 1. The first-order chi connectivity index (χ1) is 15.7. The SMILES string of the molecule is COc1c(Cl)cc(Cl)cc1/C(O)=C1\C(=O)C(=O)N(c2ccc(F)c(F)c2)C1c1ccccc1. The second-order valence-electron chi connectivity index (χ2n) is 7.15. The standard InChI is InChI=1S/C24H15Cl2F2NO4/c1-33-23-15(9-13(25)10-16(23)26)21(30)19-20(12-5-3-2-4-6-12)29(24(32)22(19)31)14-7-8-17(27)18(28)11-14/h2-11,20,30H,1H3/b21-19+. The largest absolute Gasteiger partial charge is 0.507 e. The Balaban J connectivity index is 2.00. The van der Waals surface area contributed by atoms with Gasteiger partial charge in [0, 0.05) is 16.8 Å². The van der Waals surface area contributed by atoms with Crippen LogP contribution >= 0.6 is 23.2 Å². The number of halogens is 4. The van der Waals surface area contributed by atoms with E-state index in [0.717, 1.165) is 17.0 Å². The first-order valence-electron chi connectivity index (χ1n) is 9.59. The van der Waals surface area contributed by atoms with E-state index in [-0.39, 0.29) is 32.6 Å². The Kier molecular flexibility index (Phi) is 6.10. The summed E-state index contributed by atoms with van der Waals surface area (Å²) in [6, 6.07) is 12.8. The third kappa shape index (κ3) is 3.94. The molecular formula is C24H15Cl2F2NO4. The molecule has 0 bridgehead atoms. The Morgan fingerprint density at radius 1 is 1.00 bits per heavy atom. The van der Waals surface area contributed by atoms with Crippen molar-refractivity contribution in [1.29, 1.82) is 0 Å². The lowest BCUT2D eigenvalue weighted by molar-refractivity contribution is -0.132. The molecule has 9 heteroatoms. The number of methoxy groups -OCH3 is 1. The van der Waals surface area contributed by atoms with Crippen molar-refractivity contribution in [2.75, 3.05) is 12.0 Å². The normalized spacial score (nSPS) is 17.5. The molecule has 1 N–H and O–H groups in total. The van der Waals surface area contributed by atoms with Gasteiger partial charge >= 0.3 is 0 Å². The molecule has 1 aliphatic heterocycles. The Hall–Kier alpha value is -3.42. The lowest BCUT2D eigenvalue weighted by Crippen LogP contribution is -2.29. The summed E-state index contributed by atoms with van der Waals surface area (Å²) in [4.78, 5) is 27.2. The fourth-order valence-corrected chi connectivity index (χ4v) is 4.34. The second-order valence-corrected chi connectivity index (χ2v) is 7.99. The maximum Gasteiger partial charge on any atom is 0.300 e. The van der Waals surface area contributed by atoms with Crippen molar-refractivity contribution < 1.29 is 28.2 Å². The molecule has 1 saturated heterocycles. The van der Waals surface area contributed by atoms with Gasteiger partial charge in [-0.1, -0.05) is 53.5 Å². The Labute approximate surface area is 197 Å². The Morgan fingerprint density at radius 3 is 2.33 bits per heavy atom. The summed E-state index contributed by atoms with van der Waals surface area (Å²) >= 11 is 12.3. The van der Waals surface area contributed by atoms with Crippen LogP contribution in [-0.2, 0) is 9.59 Å². The van der Waals surface area contributed by atoms with Gasteiger partial charge in [-0.3, -0.25) is 14.5 Å². The van der Waals surface area contributed by atoms with Gasteiger partial charge in [-0.25, -0.2) is 8.78 Å². The van der Waals surface area contributed by atoms with Gasteiger partial charge in [0.2, 0.25) is 0 Å². The van der Waals surface area contributed by atoms with E-state index in [1.54, 1.807) is 30.3 Å². The number of ketones is 1. The molecule has 168 valence electrons. The van der Waals surface area contributed by atoms with E-state index in [0.29, 0.717) is 5.56 Å². The molecule has 0 spiro atoms. The minimum absolute atomic E-state index is 0.000724. The van der Waals surface area contributed by atoms with Crippen LogP contribution in [0.3, 0.4) is 0 Å². The third-order valence-corrected chi connectivity index (χ3v) is 5.71. The molecule has 0 saturated carbocycles. The van der Waals surface area contributed by atoms with Crippen molar-refractivity contribution in [3.63, 3.8) is 0 Å². The van der Waals surface area contributed by atoms with E-state index < -0.39 is 35.1 Å². The second kappa shape index (κ2) is 8.84. The fourth-order valence-electron chi connectivity index (χ4n) is 3.77. The molecule has 3 aromatic rings. The minimum atomic E-state index is -1.19. The van der Waals surface area contributed by atoms with E-state index in [9.17, 15) is 23.5 Å². The van der Waals surface area contributed by atoms with Crippen molar-refractivity contribution in [1.82, 2.24) is 0 Å². The van der Waals surface area contributed by atoms with Crippen LogP contribution in [0.2, 0.25) is 10.0 Å². The van der Waals surface area contributed by atoms with Gasteiger partial charge in [-0.05, 0) is 29.8 Å². The number of hydrogen-bond acceptors (Lipinski definition) is 4. The molecule has 1 aliphatic rings. The van der Waals surface area contributed by atoms with Gasteiger partial charge < -0.3 is 9.84 Å². The number of benzene rings is 3. The van der Waals surface area contributed by atoms with Crippen molar-refractivity contribution in [2.24, 2.45) is 0 Å². The number of aliphatic hydroxyl groups excluding tert-OH is 1.